The summed E-state index contributed by atoms with van der Waals surface area (Å²) in [4.78, 5) is 29.7. The van der Waals surface area contributed by atoms with Crippen LogP contribution >= 0.6 is 11.8 Å². The average molecular weight is 693 g/mol. The Balaban J connectivity index is 1.87. The zero-order chi connectivity index (χ0) is 28.6. The maximum absolute atomic E-state index is 13.2. The number of nitrogens with zero attached hydrogens (tertiary/aromatic N) is 3. The maximum atomic E-state index is 13.2. The van der Waals surface area contributed by atoms with E-state index in [4.69, 9.17) is 4.74 Å². The van der Waals surface area contributed by atoms with Gasteiger partial charge in [-0.3, -0.25) is 0 Å². The van der Waals surface area contributed by atoms with E-state index < -0.39 is 43.0 Å². The molecular formula is C26H37IN4O6S2. The zero-order valence-electron chi connectivity index (χ0n) is 22.7. The molecule has 1 aliphatic heterocycles. The summed E-state index contributed by atoms with van der Waals surface area (Å²) < 4.78 is 34.4. The van der Waals surface area contributed by atoms with Crippen molar-refractivity contribution in [1.29, 1.82) is 0 Å². The van der Waals surface area contributed by atoms with Crippen molar-refractivity contribution in [2.24, 2.45) is 0 Å². The predicted molar refractivity (Wildman–Crippen MR) is 147 cm³/mol. The summed E-state index contributed by atoms with van der Waals surface area (Å²) >= 11 is 0.0950. The van der Waals surface area contributed by atoms with Crippen LogP contribution in [0.25, 0.3) is 0 Å². The second kappa shape index (κ2) is 14.1. The topological polar surface area (TPSA) is 119 Å². The van der Waals surface area contributed by atoms with E-state index in [-0.39, 0.29) is 14.1 Å². The number of hydrogen-bond acceptors (Lipinski definition) is 8. The molecule has 0 aliphatic carbocycles. The van der Waals surface area contributed by atoms with Gasteiger partial charge in [0.05, 0.1) is 0 Å². The van der Waals surface area contributed by atoms with Crippen LogP contribution in [0.2, 0.25) is 0 Å². The Kier molecular flexibility index (Phi) is 11.4. The Bertz CT molecular complexity index is 1240. The summed E-state index contributed by atoms with van der Waals surface area (Å²) in [6.07, 6.45) is 2.85. The van der Waals surface area contributed by atoms with Crippen LogP contribution in [0.5, 0.6) is 0 Å². The molecule has 0 saturated carbocycles. The molecule has 39 heavy (non-hydrogen) atoms. The van der Waals surface area contributed by atoms with Gasteiger partial charge in [-0.1, -0.05) is 0 Å². The summed E-state index contributed by atoms with van der Waals surface area (Å²) in [6.45, 7) is 2.82. The second-order valence-corrected chi connectivity index (χ2v) is 15.1. The Hall–Kier alpha value is -1.94. The van der Waals surface area contributed by atoms with E-state index >= 15 is 0 Å². The van der Waals surface area contributed by atoms with E-state index in [9.17, 15) is 23.3 Å². The van der Waals surface area contributed by atoms with Gasteiger partial charge in [0, 0.05) is 0 Å². The molecule has 0 spiro atoms. The number of rotatable bonds is 13. The van der Waals surface area contributed by atoms with Gasteiger partial charge in [0.1, 0.15) is 0 Å². The minimum absolute atomic E-state index is 0.0599. The number of hydrogen-bond donors (Lipinski definition) is 2. The fourth-order valence-corrected chi connectivity index (χ4v) is 8.35. The standard InChI is InChI=1S/C26H37IN4O6S2/c1-26(15-8-9-17-37-26)25(32)28-39(35,36)22-12-13-24(23(18-22)27-31(33)34)30(4)20(14-16-29(2)3)19-38-21-10-6-5-7-11-21/h5-7,10-13,18,20H,8-9,14-17,19H2,1-4H3,(H,28,32)(H,33,34)/t20-,26?/m1/s1. The summed E-state index contributed by atoms with van der Waals surface area (Å²) in [6, 6.07) is 14.6. The first-order valence-corrected chi connectivity index (χ1v) is 17.1. The van der Waals surface area contributed by atoms with Crippen molar-refractivity contribution in [3.63, 3.8) is 0 Å². The fraction of sp³-hybridized carbons (Fsp3) is 0.500. The van der Waals surface area contributed by atoms with Gasteiger partial charge in [0.25, 0.3) is 0 Å². The molecule has 10 nitrogen and oxygen atoms in total. The molecule has 0 aromatic heterocycles. The molecule has 1 aliphatic rings. The number of thioether (sulfide) groups is 1. The Morgan fingerprint density at radius 1 is 1.21 bits per heavy atom. The number of carbonyl (C=O) groups excluding carboxylic acids is 1. The van der Waals surface area contributed by atoms with Gasteiger partial charge >= 0.3 is 247 Å². The molecule has 1 saturated heterocycles. The second-order valence-electron chi connectivity index (χ2n) is 9.88. The van der Waals surface area contributed by atoms with E-state index in [1.807, 2.05) is 44.2 Å². The molecule has 13 heteroatoms. The molecule has 216 valence electrons. The number of benzene rings is 2. The van der Waals surface area contributed by atoms with Gasteiger partial charge in [-0.25, -0.2) is 0 Å². The third-order valence-electron chi connectivity index (χ3n) is 6.59. The van der Waals surface area contributed by atoms with Gasteiger partial charge in [-0.15, -0.1) is 0 Å². The summed E-state index contributed by atoms with van der Waals surface area (Å²) in [5.74, 6) is 0.0510. The Morgan fingerprint density at radius 2 is 1.92 bits per heavy atom. The third-order valence-corrected chi connectivity index (χ3v) is 10.9. The SMILES string of the molecule is CN(C)CC[C@H](CSc1ccccc1)N(C)c1ccc(S(=O)(=O)NC(=O)C2(C)CCCCO2)cc1[I-][N+](=O)O. The van der Waals surface area contributed by atoms with Gasteiger partial charge in [0.15, 0.2) is 0 Å². The molecule has 1 heterocycles. The van der Waals surface area contributed by atoms with Crippen LogP contribution in [-0.2, 0) is 19.6 Å². The van der Waals surface area contributed by atoms with Crippen LogP contribution < -0.4 is 31.1 Å². The van der Waals surface area contributed by atoms with E-state index in [0.717, 1.165) is 36.5 Å². The van der Waals surface area contributed by atoms with Crippen LogP contribution in [0, 0.1) is 8.48 Å². The summed E-state index contributed by atoms with van der Waals surface area (Å²) in [5, 5.41) is 9.58. The molecule has 0 radical (unpaired) electrons. The first-order valence-electron chi connectivity index (χ1n) is 12.6. The number of sulfonamides is 1. The van der Waals surface area contributed by atoms with Crippen molar-refractivity contribution >= 4 is 33.4 Å². The van der Waals surface area contributed by atoms with E-state index in [0.29, 0.717) is 22.3 Å². The Morgan fingerprint density at radius 3 is 2.54 bits per heavy atom. The van der Waals surface area contributed by atoms with Crippen LogP contribution in [-0.4, -0.2) is 79.3 Å². The van der Waals surface area contributed by atoms with Crippen LogP contribution in [0.1, 0.15) is 32.6 Å². The van der Waals surface area contributed by atoms with Crippen molar-refractivity contribution in [3.8, 4) is 0 Å². The van der Waals surface area contributed by atoms with Crippen molar-refractivity contribution in [3.05, 3.63) is 57.0 Å². The first kappa shape index (κ1) is 31.6. The van der Waals surface area contributed by atoms with E-state index in [1.165, 1.54) is 12.1 Å². The average Bonchev–Trinajstić information content (AvgIpc) is 2.88. The van der Waals surface area contributed by atoms with Gasteiger partial charge < -0.3 is 0 Å². The molecule has 2 aromatic carbocycles. The van der Waals surface area contributed by atoms with Gasteiger partial charge in [0.2, 0.25) is 0 Å². The number of anilines is 1. The number of nitrogens with one attached hydrogen (secondary N) is 1. The number of halogens is 1. The molecule has 2 aromatic rings. The molecule has 1 amide bonds. The van der Waals surface area contributed by atoms with E-state index in [1.54, 1.807) is 24.8 Å². The van der Waals surface area contributed by atoms with Gasteiger partial charge in [-0.05, 0) is 0 Å². The number of ether oxygens (including phenoxy) is 1. The fourth-order valence-electron chi connectivity index (χ4n) is 4.19. The van der Waals surface area contributed by atoms with Crippen LogP contribution in [0.15, 0.2) is 58.3 Å². The van der Waals surface area contributed by atoms with Crippen molar-refractivity contribution in [2.75, 3.05) is 44.9 Å². The number of carbonyl (C=O) groups is 1. The van der Waals surface area contributed by atoms with Crippen molar-refractivity contribution < 1.29 is 47.8 Å². The summed E-state index contributed by atoms with van der Waals surface area (Å²) in [7, 11) is 1.70. The predicted octanol–water partition coefficient (Wildman–Crippen LogP) is 0.341. The molecular weight excluding hydrogens is 655 g/mol. The van der Waals surface area contributed by atoms with E-state index in [2.05, 4.69) is 21.8 Å². The zero-order valence-corrected chi connectivity index (χ0v) is 26.5. The summed E-state index contributed by atoms with van der Waals surface area (Å²) in [5.41, 5.74) is -0.545. The minimum atomic E-state index is -4.23. The molecule has 2 N–H and O–H groups in total. The quantitative estimate of drug-likeness (QED) is 0.133. The van der Waals surface area contributed by atoms with Crippen LogP contribution in [0.4, 0.5) is 5.69 Å². The normalized spacial score (nSPS) is 18.6. The molecule has 2 atom stereocenters. The molecule has 1 fully saturated rings. The third kappa shape index (κ3) is 9.03. The van der Waals surface area contributed by atoms with Gasteiger partial charge in [-0.2, -0.15) is 0 Å². The van der Waals surface area contributed by atoms with Crippen molar-refractivity contribution in [2.45, 2.75) is 54.0 Å². The van der Waals surface area contributed by atoms with Crippen LogP contribution in [0.3, 0.4) is 0 Å². The Labute approximate surface area is 245 Å². The monoisotopic (exact) mass is 692 g/mol. The molecule has 3 rings (SSSR count). The van der Waals surface area contributed by atoms with Crippen molar-refractivity contribution in [1.82, 2.24) is 9.62 Å². The molecule has 0 bridgehead atoms. The molecule has 1 unspecified atom stereocenters. The first-order chi connectivity index (χ1) is 18.4. The number of amides is 1.